The molecule has 0 saturated carbocycles. The van der Waals surface area contributed by atoms with Crippen molar-refractivity contribution in [2.75, 3.05) is 5.75 Å². The van der Waals surface area contributed by atoms with Crippen molar-refractivity contribution in [3.05, 3.63) is 108 Å². The summed E-state index contributed by atoms with van der Waals surface area (Å²) in [6, 6.07) is 26.1. The Hall–Kier alpha value is -3.62. The quantitative estimate of drug-likeness (QED) is 0.381. The van der Waals surface area contributed by atoms with Crippen molar-refractivity contribution < 1.29 is 24.2 Å². The van der Waals surface area contributed by atoms with Gasteiger partial charge in [-0.15, -0.1) is 11.8 Å². The molecule has 2 aliphatic rings. The van der Waals surface area contributed by atoms with Crippen LogP contribution < -0.4 is 5.32 Å². The van der Waals surface area contributed by atoms with Crippen LogP contribution in [-0.2, 0) is 25.5 Å². The molecule has 184 valence electrons. The number of nitrogens with one attached hydrogen (secondary N) is 1. The highest BCUT2D eigenvalue weighted by molar-refractivity contribution is 8.00. The van der Waals surface area contributed by atoms with E-state index in [-0.39, 0.29) is 18.1 Å². The predicted molar refractivity (Wildman–Crippen MR) is 136 cm³/mol. The molecule has 4 atom stereocenters. The third-order valence-corrected chi connectivity index (χ3v) is 7.76. The molecule has 8 heteroatoms. The Balaban J connectivity index is 1.30. The molecule has 5 rings (SSSR count). The first-order chi connectivity index (χ1) is 17.5. The normalized spacial score (nSPS) is 22.9. The zero-order valence-electron chi connectivity index (χ0n) is 19.4. The van der Waals surface area contributed by atoms with Crippen molar-refractivity contribution in [3.63, 3.8) is 0 Å². The van der Waals surface area contributed by atoms with Gasteiger partial charge in [-0.05, 0) is 16.7 Å². The summed E-state index contributed by atoms with van der Waals surface area (Å²) < 4.78 is 5.94. The first-order valence-electron chi connectivity index (χ1n) is 11.8. The number of esters is 1. The molecule has 2 heterocycles. The fourth-order valence-electron chi connectivity index (χ4n) is 4.61. The summed E-state index contributed by atoms with van der Waals surface area (Å²) in [5, 5.41) is 13.0. The molecule has 0 spiro atoms. The van der Waals surface area contributed by atoms with Crippen LogP contribution in [0.25, 0.3) is 0 Å². The fourth-order valence-corrected chi connectivity index (χ4v) is 5.96. The lowest BCUT2D eigenvalue weighted by atomic mass is 9.98. The van der Waals surface area contributed by atoms with Gasteiger partial charge in [0.25, 0.3) is 0 Å². The number of benzene rings is 3. The summed E-state index contributed by atoms with van der Waals surface area (Å²) >= 11 is 1.35. The zero-order chi connectivity index (χ0) is 25.1. The van der Waals surface area contributed by atoms with Gasteiger partial charge in [0.05, 0.1) is 12.5 Å². The largest absolute Gasteiger partial charge is 0.451 e. The van der Waals surface area contributed by atoms with Crippen LogP contribution in [0.4, 0.5) is 0 Å². The summed E-state index contributed by atoms with van der Waals surface area (Å²) in [6.07, 6.45) is -1.60. The molecule has 0 aliphatic carbocycles. The molecular weight excluding hydrogens is 476 g/mol. The van der Waals surface area contributed by atoms with Crippen LogP contribution in [0, 0.1) is 0 Å². The zero-order valence-corrected chi connectivity index (χ0v) is 20.2. The van der Waals surface area contributed by atoms with Gasteiger partial charge in [0, 0.05) is 5.75 Å². The lowest BCUT2D eigenvalue weighted by Crippen LogP contribution is -2.76. The highest BCUT2D eigenvalue weighted by atomic mass is 32.2. The maximum absolute atomic E-state index is 13.4. The standard InChI is InChI=1S/C28H26N2O5S/c31-21-17-36-27-23(29-22(32)16-18-10-4-1-5-11-18)26(33)30(27)24(21)28(34)35-25(19-12-6-2-7-13-19)20-14-8-3-9-15-20/h1-15,21,23-25,27,31H,16-17H2,(H,29,32)/t21?,23-,24-,27+/m1/s1. The van der Waals surface area contributed by atoms with Crippen molar-refractivity contribution in [1.82, 2.24) is 10.2 Å². The van der Waals surface area contributed by atoms with E-state index < -0.39 is 41.5 Å². The fraction of sp³-hybridized carbons (Fsp3) is 0.250. The molecule has 36 heavy (non-hydrogen) atoms. The van der Waals surface area contributed by atoms with Crippen LogP contribution in [0.2, 0.25) is 0 Å². The van der Waals surface area contributed by atoms with E-state index in [0.717, 1.165) is 16.7 Å². The summed E-state index contributed by atoms with van der Waals surface area (Å²) in [6.45, 7) is 0. The number of aliphatic hydroxyl groups excluding tert-OH is 1. The molecule has 7 nitrogen and oxygen atoms in total. The van der Waals surface area contributed by atoms with Crippen molar-refractivity contribution in [2.24, 2.45) is 0 Å². The molecule has 0 radical (unpaired) electrons. The first kappa shape index (κ1) is 24.1. The van der Waals surface area contributed by atoms with E-state index in [0.29, 0.717) is 0 Å². The third kappa shape index (κ3) is 4.87. The second-order valence-electron chi connectivity index (χ2n) is 8.83. The minimum Gasteiger partial charge on any atom is -0.451 e. The molecular formula is C28H26N2O5S. The summed E-state index contributed by atoms with van der Waals surface area (Å²) in [5.74, 6) is -1.09. The monoisotopic (exact) mass is 502 g/mol. The van der Waals surface area contributed by atoms with E-state index in [9.17, 15) is 19.5 Å². The smallest absolute Gasteiger partial charge is 0.332 e. The minimum atomic E-state index is -1.14. The number of carbonyl (C=O) groups is 3. The van der Waals surface area contributed by atoms with Crippen molar-refractivity contribution in [1.29, 1.82) is 0 Å². The lowest BCUT2D eigenvalue weighted by Gasteiger charge is -2.53. The van der Waals surface area contributed by atoms with Crippen LogP contribution in [0.1, 0.15) is 22.8 Å². The number of hydrogen-bond donors (Lipinski definition) is 2. The average Bonchev–Trinajstić information content (AvgIpc) is 2.91. The lowest BCUT2D eigenvalue weighted by molar-refractivity contribution is -0.173. The van der Waals surface area contributed by atoms with Gasteiger partial charge in [-0.2, -0.15) is 0 Å². The molecule has 1 unspecified atom stereocenters. The second-order valence-corrected chi connectivity index (χ2v) is 9.98. The third-order valence-electron chi connectivity index (χ3n) is 6.39. The van der Waals surface area contributed by atoms with Gasteiger partial charge >= 0.3 is 5.97 Å². The SMILES string of the molecule is O=C(Cc1ccccc1)N[C@@H]1C(=O)N2[C@@H](C(=O)OC(c3ccccc3)c3ccccc3)C(O)CS[C@@H]12. The van der Waals surface area contributed by atoms with E-state index in [1.54, 1.807) is 0 Å². The van der Waals surface area contributed by atoms with Gasteiger partial charge < -0.3 is 20.1 Å². The number of amides is 2. The Morgan fingerprint density at radius 1 is 0.944 bits per heavy atom. The Bertz CT molecular complexity index is 1180. The van der Waals surface area contributed by atoms with Crippen LogP contribution >= 0.6 is 11.8 Å². The topological polar surface area (TPSA) is 95.9 Å². The van der Waals surface area contributed by atoms with E-state index in [1.807, 2.05) is 91.0 Å². The first-order valence-corrected chi connectivity index (χ1v) is 12.8. The van der Waals surface area contributed by atoms with Crippen LogP contribution in [0.5, 0.6) is 0 Å². The Labute approximate surface area is 213 Å². The van der Waals surface area contributed by atoms with Crippen molar-refractivity contribution in [3.8, 4) is 0 Å². The molecule has 2 N–H and O–H groups in total. The van der Waals surface area contributed by atoms with Gasteiger partial charge in [0.15, 0.2) is 12.1 Å². The number of thioether (sulfide) groups is 1. The predicted octanol–water partition coefficient (Wildman–Crippen LogP) is 2.69. The molecule has 3 aromatic rings. The van der Waals surface area contributed by atoms with Gasteiger partial charge in [-0.3, -0.25) is 9.59 Å². The number of β-lactam (4-membered cyclic amide) rings is 1. The number of ether oxygens (including phenoxy) is 1. The van der Waals surface area contributed by atoms with Crippen LogP contribution in [0.3, 0.4) is 0 Å². The van der Waals surface area contributed by atoms with Gasteiger partial charge in [-0.1, -0.05) is 91.0 Å². The summed E-state index contributed by atoms with van der Waals surface area (Å²) in [5.41, 5.74) is 2.42. The Kier molecular flexibility index (Phi) is 7.06. The Morgan fingerprint density at radius 2 is 1.50 bits per heavy atom. The van der Waals surface area contributed by atoms with E-state index in [1.165, 1.54) is 16.7 Å². The van der Waals surface area contributed by atoms with Gasteiger partial charge in [0.2, 0.25) is 11.8 Å². The molecule has 0 aromatic heterocycles. The number of carbonyl (C=O) groups excluding carboxylic acids is 3. The number of aliphatic hydroxyl groups is 1. The minimum absolute atomic E-state index is 0.159. The number of fused-ring (bicyclic) bond motifs is 1. The highest BCUT2D eigenvalue weighted by Gasteiger charge is 2.58. The molecule has 3 aromatic carbocycles. The molecule has 0 bridgehead atoms. The van der Waals surface area contributed by atoms with Crippen molar-refractivity contribution >= 4 is 29.5 Å². The van der Waals surface area contributed by atoms with Crippen LogP contribution in [-0.4, -0.2) is 57.1 Å². The molecule has 2 aliphatic heterocycles. The van der Waals surface area contributed by atoms with E-state index in [4.69, 9.17) is 4.74 Å². The van der Waals surface area contributed by atoms with Gasteiger partial charge in [-0.25, -0.2) is 4.79 Å². The molecule has 2 saturated heterocycles. The highest BCUT2D eigenvalue weighted by Crippen LogP contribution is 2.39. The number of nitrogens with zero attached hydrogens (tertiary/aromatic N) is 1. The summed E-state index contributed by atoms with van der Waals surface area (Å²) in [7, 11) is 0. The van der Waals surface area contributed by atoms with Crippen LogP contribution in [0.15, 0.2) is 91.0 Å². The van der Waals surface area contributed by atoms with Gasteiger partial charge in [0.1, 0.15) is 11.4 Å². The molecule has 2 amide bonds. The Morgan fingerprint density at radius 3 is 2.08 bits per heavy atom. The summed E-state index contributed by atoms with van der Waals surface area (Å²) in [4.78, 5) is 40.3. The van der Waals surface area contributed by atoms with E-state index in [2.05, 4.69) is 5.32 Å². The average molecular weight is 503 g/mol. The maximum atomic E-state index is 13.4. The molecule has 2 fully saturated rings. The van der Waals surface area contributed by atoms with Crippen molar-refractivity contribution in [2.45, 2.75) is 36.1 Å². The number of hydrogen-bond acceptors (Lipinski definition) is 6. The van der Waals surface area contributed by atoms with E-state index >= 15 is 0 Å². The second kappa shape index (κ2) is 10.6. The number of rotatable bonds is 7. The maximum Gasteiger partial charge on any atom is 0.332 e.